The third kappa shape index (κ3) is 4.31. The predicted octanol–water partition coefficient (Wildman–Crippen LogP) is 3.58. The number of hydrogen-bond donors (Lipinski definition) is 1. The van der Waals surface area contributed by atoms with E-state index in [4.69, 9.17) is 5.73 Å². The first kappa shape index (κ1) is 16.0. The molecular formula is C18H28N2O. The molecule has 1 amide bonds. The average Bonchev–Trinajstić information content (AvgIpc) is 2.56. The number of carbonyl (C=O) groups is 1. The molecule has 0 spiro atoms. The Morgan fingerprint density at radius 1 is 1.19 bits per heavy atom. The smallest absolute Gasteiger partial charge is 0.230 e. The number of benzene rings is 1. The molecule has 2 rings (SSSR count). The van der Waals surface area contributed by atoms with Gasteiger partial charge < -0.3 is 10.6 Å². The van der Waals surface area contributed by atoms with Gasteiger partial charge in [-0.25, -0.2) is 0 Å². The summed E-state index contributed by atoms with van der Waals surface area (Å²) in [6.45, 7) is 3.76. The van der Waals surface area contributed by atoms with Crippen molar-refractivity contribution in [2.75, 3.05) is 18.0 Å². The second kappa shape index (κ2) is 8.18. The molecule has 3 heteroatoms. The Morgan fingerprint density at radius 2 is 1.86 bits per heavy atom. The van der Waals surface area contributed by atoms with Crippen molar-refractivity contribution in [3.05, 3.63) is 30.3 Å². The van der Waals surface area contributed by atoms with Crippen molar-refractivity contribution in [3.8, 4) is 0 Å². The molecule has 1 aromatic carbocycles. The summed E-state index contributed by atoms with van der Waals surface area (Å²) in [5.41, 5.74) is 6.78. The summed E-state index contributed by atoms with van der Waals surface area (Å²) < 4.78 is 0. The molecule has 0 unspecified atom stereocenters. The molecular weight excluding hydrogens is 260 g/mol. The number of amides is 1. The van der Waals surface area contributed by atoms with Crippen LogP contribution in [0.5, 0.6) is 0 Å². The Labute approximate surface area is 128 Å². The summed E-state index contributed by atoms with van der Waals surface area (Å²) in [6.07, 6.45) is 6.36. The van der Waals surface area contributed by atoms with Crippen LogP contribution < -0.4 is 10.6 Å². The summed E-state index contributed by atoms with van der Waals surface area (Å²) in [7, 11) is 0. The quantitative estimate of drug-likeness (QED) is 0.869. The third-order valence-corrected chi connectivity index (χ3v) is 4.60. The number of para-hydroxylation sites is 1. The number of nitrogens with two attached hydrogens (primary N) is 1. The van der Waals surface area contributed by atoms with Gasteiger partial charge in [-0.3, -0.25) is 4.79 Å². The number of anilines is 1. The number of unbranched alkanes of at least 4 members (excludes halogenated alkanes) is 1. The van der Waals surface area contributed by atoms with E-state index < -0.39 is 0 Å². The van der Waals surface area contributed by atoms with Crippen molar-refractivity contribution < 1.29 is 4.79 Å². The Bertz CT molecular complexity index is 424. The van der Waals surface area contributed by atoms with E-state index in [1.165, 1.54) is 0 Å². The molecule has 116 valence electrons. The van der Waals surface area contributed by atoms with Crippen LogP contribution in [0.4, 0.5) is 5.69 Å². The van der Waals surface area contributed by atoms with Gasteiger partial charge in [0.15, 0.2) is 0 Å². The summed E-state index contributed by atoms with van der Waals surface area (Å²) >= 11 is 0. The van der Waals surface area contributed by atoms with Crippen LogP contribution in [0, 0.1) is 11.8 Å². The number of carbonyl (C=O) groups excluding carboxylic acids is 1. The Hall–Kier alpha value is -1.35. The highest BCUT2D eigenvalue weighted by Crippen LogP contribution is 2.30. The zero-order valence-corrected chi connectivity index (χ0v) is 13.1. The molecule has 2 N–H and O–H groups in total. The minimum absolute atomic E-state index is 0.185. The van der Waals surface area contributed by atoms with Crippen molar-refractivity contribution in [2.24, 2.45) is 17.6 Å². The lowest BCUT2D eigenvalue weighted by Crippen LogP contribution is -2.39. The minimum atomic E-state index is 0.185. The normalized spacial score (nSPS) is 22.0. The van der Waals surface area contributed by atoms with Gasteiger partial charge in [0.2, 0.25) is 5.91 Å². The lowest BCUT2D eigenvalue weighted by Gasteiger charge is -2.32. The Morgan fingerprint density at radius 3 is 2.43 bits per heavy atom. The maximum Gasteiger partial charge on any atom is 0.230 e. The van der Waals surface area contributed by atoms with Gasteiger partial charge in [0.05, 0.1) is 0 Å². The molecule has 1 aliphatic rings. The van der Waals surface area contributed by atoms with Crippen LogP contribution >= 0.6 is 0 Å². The van der Waals surface area contributed by atoms with Crippen molar-refractivity contribution in [3.63, 3.8) is 0 Å². The van der Waals surface area contributed by atoms with Crippen molar-refractivity contribution in [2.45, 2.75) is 45.4 Å². The van der Waals surface area contributed by atoms with E-state index in [1.807, 2.05) is 35.2 Å². The zero-order valence-electron chi connectivity index (χ0n) is 13.1. The van der Waals surface area contributed by atoms with Gasteiger partial charge in [-0.15, -0.1) is 0 Å². The fourth-order valence-electron chi connectivity index (χ4n) is 3.16. The highest BCUT2D eigenvalue weighted by atomic mass is 16.2. The van der Waals surface area contributed by atoms with E-state index in [-0.39, 0.29) is 5.92 Å². The molecule has 1 aromatic rings. The van der Waals surface area contributed by atoms with Gasteiger partial charge >= 0.3 is 0 Å². The number of hydrogen-bond acceptors (Lipinski definition) is 2. The lowest BCUT2D eigenvalue weighted by molar-refractivity contribution is -0.123. The largest absolute Gasteiger partial charge is 0.330 e. The van der Waals surface area contributed by atoms with Gasteiger partial charge in [-0.2, -0.15) is 0 Å². The fourth-order valence-corrected chi connectivity index (χ4v) is 3.16. The lowest BCUT2D eigenvalue weighted by atomic mass is 9.81. The topological polar surface area (TPSA) is 46.3 Å². The van der Waals surface area contributed by atoms with Crippen LogP contribution in [0.15, 0.2) is 30.3 Å². The van der Waals surface area contributed by atoms with Crippen LogP contribution in [-0.4, -0.2) is 19.0 Å². The van der Waals surface area contributed by atoms with Gasteiger partial charge in [-0.05, 0) is 56.7 Å². The first-order chi connectivity index (χ1) is 10.3. The second-order valence-corrected chi connectivity index (χ2v) is 6.13. The molecule has 1 fully saturated rings. The minimum Gasteiger partial charge on any atom is -0.330 e. The molecule has 21 heavy (non-hydrogen) atoms. The van der Waals surface area contributed by atoms with E-state index in [1.54, 1.807) is 0 Å². The maximum absolute atomic E-state index is 12.9. The molecule has 0 aliphatic heterocycles. The average molecular weight is 288 g/mol. The SMILES string of the molecule is CCCCN(C(=O)C1CCC(CN)CC1)c1ccccc1. The molecule has 0 bridgehead atoms. The monoisotopic (exact) mass is 288 g/mol. The van der Waals surface area contributed by atoms with Crippen molar-refractivity contribution >= 4 is 11.6 Å². The maximum atomic E-state index is 12.9. The Balaban J connectivity index is 2.04. The highest BCUT2D eigenvalue weighted by molar-refractivity contribution is 5.95. The first-order valence-electron chi connectivity index (χ1n) is 8.32. The Kier molecular flexibility index (Phi) is 6.24. The van der Waals surface area contributed by atoms with E-state index >= 15 is 0 Å². The summed E-state index contributed by atoms with van der Waals surface area (Å²) in [5, 5.41) is 0. The van der Waals surface area contributed by atoms with Crippen LogP contribution in [0.2, 0.25) is 0 Å². The summed E-state index contributed by atoms with van der Waals surface area (Å²) in [4.78, 5) is 14.9. The van der Waals surface area contributed by atoms with Crippen LogP contribution in [0.1, 0.15) is 45.4 Å². The van der Waals surface area contributed by atoms with E-state index in [0.717, 1.165) is 57.3 Å². The molecule has 3 nitrogen and oxygen atoms in total. The zero-order chi connectivity index (χ0) is 15.1. The van der Waals surface area contributed by atoms with Crippen LogP contribution in [0.25, 0.3) is 0 Å². The van der Waals surface area contributed by atoms with Gasteiger partial charge in [0, 0.05) is 18.2 Å². The van der Waals surface area contributed by atoms with Gasteiger partial charge in [0.25, 0.3) is 0 Å². The third-order valence-electron chi connectivity index (χ3n) is 4.60. The summed E-state index contributed by atoms with van der Waals surface area (Å²) in [5.74, 6) is 1.12. The molecule has 0 radical (unpaired) electrons. The second-order valence-electron chi connectivity index (χ2n) is 6.13. The molecule has 0 aromatic heterocycles. The molecule has 0 saturated heterocycles. The van der Waals surface area contributed by atoms with Gasteiger partial charge in [0.1, 0.15) is 0 Å². The standard InChI is InChI=1S/C18H28N2O/c1-2-3-13-20(17-7-5-4-6-8-17)18(21)16-11-9-15(14-19)10-12-16/h4-8,15-16H,2-3,9-14,19H2,1H3. The molecule has 0 heterocycles. The van der Waals surface area contributed by atoms with Crippen molar-refractivity contribution in [1.29, 1.82) is 0 Å². The number of nitrogens with zero attached hydrogens (tertiary/aromatic N) is 1. The highest BCUT2D eigenvalue weighted by Gasteiger charge is 2.29. The van der Waals surface area contributed by atoms with Crippen LogP contribution in [-0.2, 0) is 4.79 Å². The van der Waals surface area contributed by atoms with E-state index in [0.29, 0.717) is 11.8 Å². The van der Waals surface area contributed by atoms with E-state index in [9.17, 15) is 4.79 Å². The molecule has 0 atom stereocenters. The first-order valence-corrected chi connectivity index (χ1v) is 8.32. The van der Waals surface area contributed by atoms with Crippen LogP contribution in [0.3, 0.4) is 0 Å². The predicted molar refractivity (Wildman–Crippen MR) is 88.2 cm³/mol. The molecule has 1 saturated carbocycles. The van der Waals surface area contributed by atoms with Gasteiger partial charge in [-0.1, -0.05) is 31.5 Å². The van der Waals surface area contributed by atoms with Crippen molar-refractivity contribution in [1.82, 2.24) is 0 Å². The summed E-state index contributed by atoms with van der Waals surface area (Å²) in [6, 6.07) is 10.1. The fraction of sp³-hybridized carbons (Fsp3) is 0.611. The van der Waals surface area contributed by atoms with E-state index in [2.05, 4.69) is 6.92 Å². The molecule has 1 aliphatic carbocycles. The number of rotatable bonds is 6.